The summed E-state index contributed by atoms with van der Waals surface area (Å²) in [5.74, 6) is 0.360. The Hall–Kier alpha value is -1.84. The molecule has 1 aromatic rings. The monoisotopic (exact) mass is 261 g/mol. The Bertz CT molecular complexity index is 464. The van der Waals surface area contributed by atoms with Gasteiger partial charge in [0.15, 0.2) is 5.78 Å². The molecule has 19 heavy (non-hydrogen) atoms. The molecular formula is C15H19NO3. The summed E-state index contributed by atoms with van der Waals surface area (Å²) >= 11 is 0. The van der Waals surface area contributed by atoms with E-state index in [1.54, 1.807) is 24.3 Å². The second-order valence-corrected chi connectivity index (χ2v) is 4.95. The summed E-state index contributed by atoms with van der Waals surface area (Å²) in [6.07, 6.45) is 5.15. The third kappa shape index (κ3) is 4.09. The third-order valence-electron chi connectivity index (χ3n) is 3.38. The zero-order chi connectivity index (χ0) is 13.7. The summed E-state index contributed by atoms with van der Waals surface area (Å²) in [7, 11) is 0. The van der Waals surface area contributed by atoms with Crippen LogP contribution >= 0.6 is 0 Å². The van der Waals surface area contributed by atoms with E-state index in [0.29, 0.717) is 11.3 Å². The molecule has 1 saturated carbocycles. The van der Waals surface area contributed by atoms with Crippen molar-refractivity contribution < 1.29 is 14.3 Å². The fourth-order valence-corrected chi connectivity index (χ4v) is 2.33. The lowest BCUT2D eigenvalue weighted by molar-refractivity contribution is 0.101. The molecule has 4 nitrogen and oxygen atoms in total. The van der Waals surface area contributed by atoms with E-state index in [0.717, 1.165) is 25.7 Å². The normalized spacial score (nSPS) is 15.8. The molecule has 102 valence electrons. The smallest absolute Gasteiger partial charge is 0.410 e. The first-order valence-corrected chi connectivity index (χ1v) is 6.74. The Morgan fingerprint density at radius 3 is 2.63 bits per heavy atom. The van der Waals surface area contributed by atoms with Gasteiger partial charge in [-0.2, -0.15) is 0 Å². The van der Waals surface area contributed by atoms with Crippen LogP contribution in [0.5, 0.6) is 5.75 Å². The average Bonchev–Trinajstić information content (AvgIpc) is 2.40. The maximum atomic E-state index is 11.7. The van der Waals surface area contributed by atoms with Crippen molar-refractivity contribution in [2.45, 2.75) is 45.1 Å². The van der Waals surface area contributed by atoms with Crippen LogP contribution < -0.4 is 10.1 Å². The minimum Gasteiger partial charge on any atom is -0.410 e. The van der Waals surface area contributed by atoms with Gasteiger partial charge in [-0.3, -0.25) is 4.79 Å². The molecule has 0 spiro atoms. The molecule has 0 aliphatic heterocycles. The molecule has 0 radical (unpaired) electrons. The van der Waals surface area contributed by atoms with Crippen molar-refractivity contribution in [3.05, 3.63) is 29.8 Å². The van der Waals surface area contributed by atoms with Gasteiger partial charge in [0, 0.05) is 11.6 Å². The van der Waals surface area contributed by atoms with Gasteiger partial charge >= 0.3 is 6.09 Å². The second-order valence-electron chi connectivity index (χ2n) is 4.95. The predicted octanol–water partition coefficient (Wildman–Crippen LogP) is 3.31. The van der Waals surface area contributed by atoms with Crippen LogP contribution in [0.3, 0.4) is 0 Å². The van der Waals surface area contributed by atoms with Gasteiger partial charge in [-0.1, -0.05) is 31.4 Å². The Morgan fingerprint density at radius 2 is 1.95 bits per heavy atom. The molecule has 0 atom stereocenters. The predicted molar refractivity (Wildman–Crippen MR) is 72.5 cm³/mol. The van der Waals surface area contributed by atoms with Crippen LogP contribution in [0.1, 0.15) is 49.4 Å². The summed E-state index contributed by atoms with van der Waals surface area (Å²) in [4.78, 5) is 23.0. The van der Waals surface area contributed by atoms with Crippen LogP contribution in [-0.2, 0) is 0 Å². The Kier molecular flexibility index (Phi) is 4.55. The number of benzene rings is 1. The van der Waals surface area contributed by atoms with E-state index in [1.165, 1.54) is 13.3 Å². The van der Waals surface area contributed by atoms with Crippen molar-refractivity contribution in [2.24, 2.45) is 0 Å². The summed E-state index contributed by atoms with van der Waals surface area (Å²) in [5.41, 5.74) is 0.544. The second kappa shape index (κ2) is 6.36. The molecule has 0 aromatic heterocycles. The number of carbonyl (C=O) groups excluding carboxylic acids is 2. The summed E-state index contributed by atoms with van der Waals surface area (Å²) in [5, 5.41) is 2.87. The zero-order valence-corrected chi connectivity index (χ0v) is 11.1. The van der Waals surface area contributed by atoms with E-state index in [2.05, 4.69) is 5.32 Å². The highest BCUT2D eigenvalue weighted by Gasteiger charge is 2.16. The van der Waals surface area contributed by atoms with Crippen LogP contribution in [0.25, 0.3) is 0 Å². The van der Waals surface area contributed by atoms with Crippen LogP contribution in [-0.4, -0.2) is 17.9 Å². The SMILES string of the molecule is CC(=O)c1cccc(OC(=O)NC2CCCCC2)c1. The molecule has 4 heteroatoms. The van der Waals surface area contributed by atoms with E-state index >= 15 is 0 Å². The first-order chi connectivity index (χ1) is 9.15. The summed E-state index contributed by atoms with van der Waals surface area (Å²) in [6, 6.07) is 6.89. The molecule has 0 heterocycles. The number of ether oxygens (including phenoxy) is 1. The number of amides is 1. The summed E-state index contributed by atoms with van der Waals surface area (Å²) < 4.78 is 5.21. The molecular weight excluding hydrogens is 242 g/mol. The number of Topliss-reactive ketones (excluding diaryl/α,β-unsaturated/α-hetero) is 1. The van der Waals surface area contributed by atoms with Gasteiger partial charge in [0.25, 0.3) is 0 Å². The fourth-order valence-electron chi connectivity index (χ4n) is 2.33. The van der Waals surface area contributed by atoms with Gasteiger partial charge in [-0.25, -0.2) is 4.79 Å². The molecule has 2 rings (SSSR count). The Labute approximate surface area is 113 Å². The standard InChI is InChI=1S/C15H19NO3/c1-11(17)12-6-5-9-14(10-12)19-15(18)16-13-7-3-2-4-8-13/h5-6,9-10,13H,2-4,7-8H2,1H3,(H,16,18). The van der Waals surface area contributed by atoms with Gasteiger partial charge in [-0.15, -0.1) is 0 Å². The van der Waals surface area contributed by atoms with Gasteiger partial charge < -0.3 is 10.1 Å². The maximum Gasteiger partial charge on any atom is 0.412 e. The number of ketones is 1. The molecule has 1 aliphatic rings. The molecule has 1 N–H and O–H groups in total. The van der Waals surface area contributed by atoms with Gasteiger partial charge in [0.05, 0.1) is 0 Å². The molecule has 1 aliphatic carbocycles. The number of hydrogen-bond donors (Lipinski definition) is 1. The number of rotatable bonds is 3. The lowest BCUT2D eigenvalue weighted by atomic mass is 9.96. The highest BCUT2D eigenvalue weighted by Crippen LogP contribution is 2.18. The van der Waals surface area contributed by atoms with E-state index in [1.807, 2.05) is 0 Å². The quantitative estimate of drug-likeness (QED) is 0.849. The van der Waals surface area contributed by atoms with E-state index in [4.69, 9.17) is 4.74 Å². The van der Waals surface area contributed by atoms with Crippen LogP contribution in [0.2, 0.25) is 0 Å². The first kappa shape index (κ1) is 13.6. The Balaban J connectivity index is 1.90. The highest BCUT2D eigenvalue weighted by atomic mass is 16.6. The topological polar surface area (TPSA) is 55.4 Å². The fraction of sp³-hybridized carbons (Fsp3) is 0.467. The zero-order valence-electron chi connectivity index (χ0n) is 11.1. The van der Waals surface area contributed by atoms with Crippen LogP contribution in [0, 0.1) is 0 Å². The van der Waals surface area contributed by atoms with Crippen molar-refractivity contribution in [2.75, 3.05) is 0 Å². The largest absolute Gasteiger partial charge is 0.412 e. The van der Waals surface area contributed by atoms with E-state index in [-0.39, 0.29) is 11.8 Å². The maximum absolute atomic E-state index is 11.7. The van der Waals surface area contributed by atoms with Gasteiger partial charge in [0.2, 0.25) is 0 Å². The molecule has 1 fully saturated rings. The molecule has 0 bridgehead atoms. The number of nitrogens with one attached hydrogen (secondary N) is 1. The highest BCUT2D eigenvalue weighted by molar-refractivity contribution is 5.94. The van der Waals surface area contributed by atoms with Gasteiger partial charge in [0.1, 0.15) is 5.75 Å². The van der Waals surface area contributed by atoms with E-state index in [9.17, 15) is 9.59 Å². The average molecular weight is 261 g/mol. The minimum atomic E-state index is -0.437. The molecule has 1 aromatic carbocycles. The Morgan fingerprint density at radius 1 is 1.21 bits per heavy atom. The lowest BCUT2D eigenvalue weighted by Gasteiger charge is -2.22. The van der Waals surface area contributed by atoms with Gasteiger partial charge in [-0.05, 0) is 31.9 Å². The van der Waals surface area contributed by atoms with E-state index < -0.39 is 6.09 Å². The van der Waals surface area contributed by atoms with Crippen molar-refractivity contribution in [3.63, 3.8) is 0 Å². The molecule has 0 saturated heterocycles. The third-order valence-corrected chi connectivity index (χ3v) is 3.38. The van der Waals surface area contributed by atoms with Crippen LogP contribution in [0.4, 0.5) is 4.79 Å². The molecule has 1 amide bonds. The van der Waals surface area contributed by atoms with Crippen molar-refractivity contribution in [3.8, 4) is 5.75 Å². The van der Waals surface area contributed by atoms with Crippen LogP contribution in [0.15, 0.2) is 24.3 Å². The van der Waals surface area contributed by atoms with Crippen molar-refractivity contribution >= 4 is 11.9 Å². The van der Waals surface area contributed by atoms with Crippen molar-refractivity contribution in [1.82, 2.24) is 5.32 Å². The number of hydrogen-bond acceptors (Lipinski definition) is 3. The lowest BCUT2D eigenvalue weighted by Crippen LogP contribution is -2.38. The minimum absolute atomic E-state index is 0.0434. The number of carbonyl (C=O) groups is 2. The summed E-state index contributed by atoms with van der Waals surface area (Å²) in [6.45, 7) is 1.49. The first-order valence-electron chi connectivity index (χ1n) is 6.74. The molecule has 0 unspecified atom stereocenters. The van der Waals surface area contributed by atoms with Crippen molar-refractivity contribution in [1.29, 1.82) is 0 Å².